The Balaban J connectivity index is 0.000000303. The molecule has 5 heteroatoms. The summed E-state index contributed by atoms with van der Waals surface area (Å²) in [6, 6.07) is 12.5. The fraction of sp³-hybridized carbons (Fsp3) is 0.0714. The minimum absolute atomic E-state index is 0.0880. The second-order valence-corrected chi connectivity index (χ2v) is 3.22. The van der Waals surface area contributed by atoms with Gasteiger partial charge in [-0.25, -0.2) is 0 Å². The summed E-state index contributed by atoms with van der Waals surface area (Å²) in [6.45, 7) is 2.00. The van der Waals surface area contributed by atoms with Crippen LogP contribution < -0.4 is 4.74 Å². The first-order valence-corrected chi connectivity index (χ1v) is 5.21. The molecule has 2 aromatic rings. The van der Waals surface area contributed by atoms with Gasteiger partial charge in [0.2, 0.25) is 0 Å². The topological polar surface area (TPSA) is 87.0 Å². The first-order valence-electron chi connectivity index (χ1n) is 5.21. The lowest BCUT2D eigenvalue weighted by Crippen LogP contribution is -1.79. The van der Waals surface area contributed by atoms with Crippen LogP contribution in [-0.2, 0) is 4.79 Å². The van der Waals surface area contributed by atoms with E-state index in [1.54, 1.807) is 37.4 Å². The third kappa shape index (κ3) is 7.27. The van der Waals surface area contributed by atoms with Gasteiger partial charge >= 0.3 is 0 Å². The first-order chi connectivity index (χ1) is 9.11. The number of phenols is 3. The summed E-state index contributed by atoms with van der Waals surface area (Å²) < 4.78 is 4.84. The molecule has 0 aliphatic rings. The van der Waals surface area contributed by atoms with Crippen molar-refractivity contribution < 1.29 is 24.9 Å². The Labute approximate surface area is 111 Å². The molecule has 0 fully saturated rings. The molecule has 0 aliphatic heterocycles. The van der Waals surface area contributed by atoms with Crippen LogP contribution in [0.4, 0.5) is 0 Å². The summed E-state index contributed by atoms with van der Waals surface area (Å²) in [5.74, 6) is 1.08. The molecule has 102 valence electrons. The van der Waals surface area contributed by atoms with Crippen LogP contribution in [-0.4, -0.2) is 29.2 Å². The van der Waals surface area contributed by atoms with Crippen LogP contribution in [0.3, 0.4) is 0 Å². The van der Waals surface area contributed by atoms with Gasteiger partial charge in [-0.3, -0.25) is 0 Å². The molecule has 3 N–H and O–H groups in total. The standard InChI is InChI=1S/C7H8O2.C6H6O2.CH2O/c1-9-7-4-2-3-6(8)5-7;7-5-2-1-3-6(8)4-5;1-2/h2-5,8H,1H3;1-4,7-8H;1H2. The molecule has 0 bridgehead atoms. The molecule has 0 saturated heterocycles. The van der Waals surface area contributed by atoms with Crippen LogP contribution in [0.1, 0.15) is 0 Å². The van der Waals surface area contributed by atoms with E-state index >= 15 is 0 Å². The van der Waals surface area contributed by atoms with Crippen molar-refractivity contribution in [3.05, 3.63) is 48.5 Å². The summed E-state index contributed by atoms with van der Waals surface area (Å²) >= 11 is 0. The summed E-state index contributed by atoms with van der Waals surface area (Å²) in [4.78, 5) is 8.00. The highest BCUT2D eigenvalue weighted by molar-refractivity contribution is 5.31. The van der Waals surface area contributed by atoms with Crippen LogP contribution in [0, 0.1) is 0 Å². The van der Waals surface area contributed by atoms with Gasteiger partial charge in [-0.05, 0) is 24.3 Å². The van der Waals surface area contributed by atoms with Crippen LogP contribution >= 0.6 is 0 Å². The number of hydrogen-bond donors (Lipinski definition) is 3. The predicted octanol–water partition coefficient (Wildman–Crippen LogP) is 2.31. The van der Waals surface area contributed by atoms with Gasteiger partial charge in [0, 0.05) is 12.1 Å². The molecular formula is C14H16O5. The molecule has 19 heavy (non-hydrogen) atoms. The van der Waals surface area contributed by atoms with Crippen molar-refractivity contribution in [2.24, 2.45) is 0 Å². The number of phenolic OH excluding ortho intramolecular Hbond substituents is 3. The summed E-state index contributed by atoms with van der Waals surface area (Å²) in [5.41, 5.74) is 0. The average Bonchev–Trinajstić information content (AvgIpc) is 2.41. The van der Waals surface area contributed by atoms with E-state index in [-0.39, 0.29) is 17.2 Å². The highest BCUT2D eigenvalue weighted by Crippen LogP contribution is 2.16. The monoisotopic (exact) mass is 264 g/mol. The summed E-state index contributed by atoms with van der Waals surface area (Å²) in [5, 5.41) is 26.2. The van der Waals surface area contributed by atoms with Gasteiger partial charge in [0.15, 0.2) is 0 Å². The molecule has 2 aromatic carbocycles. The molecule has 0 amide bonds. The molecule has 0 aliphatic carbocycles. The minimum Gasteiger partial charge on any atom is -0.508 e. The van der Waals surface area contributed by atoms with E-state index in [1.165, 1.54) is 18.2 Å². The van der Waals surface area contributed by atoms with Crippen LogP contribution in [0.15, 0.2) is 48.5 Å². The molecular weight excluding hydrogens is 248 g/mol. The van der Waals surface area contributed by atoms with Crippen molar-refractivity contribution in [3.8, 4) is 23.0 Å². The molecule has 5 nitrogen and oxygen atoms in total. The van der Waals surface area contributed by atoms with Gasteiger partial charge in [-0.2, -0.15) is 0 Å². The molecule has 0 radical (unpaired) electrons. The number of hydrogen-bond acceptors (Lipinski definition) is 5. The Morgan fingerprint density at radius 3 is 1.53 bits per heavy atom. The molecule has 0 saturated carbocycles. The average molecular weight is 264 g/mol. The number of carbonyl (C=O) groups excluding carboxylic acids is 1. The van der Waals surface area contributed by atoms with E-state index in [1.807, 2.05) is 6.79 Å². The van der Waals surface area contributed by atoms with Gasteiger partial charge in [0.25, 0.3) is 0 Å². The minimum atomic E-state index is 0.0880. The van der Waals surface area contributed by atoms with E-state index in [9.17, 15) is 0 Å². The van der Waals surface area contributed by atoms with Gasteiger partial charge in [0.1, 0.15) is 29.8 Å². The fourth-order valence-corrected chi connectivity index (χ4v) is 1.10. The van der Waals surface area contributed by atoms with Crippen molar-refractivity contribution in [1.29, 1.82) is 0 Å². The molecule has 0 aromatic heterocycles. The lowest BCUT2D eigenvalue weighted by molar-refractivity contribution is -0.0979. The lowest BCUT2D eigenvalue weighted by atomic mass is 10.3. The van der Waals surface area contributed by atoms with Crippen LogP contribution in [0.5, 0.6) is 23.0 Å². The molecule has 0 spiro atoms. The third-order valence-corrected chi connectivity index (χ3v) is 1.88. The van der Waals surface area contributed by atoms with Crippen molar-refractivity contribution >= 4 is 6.79 Å². The van der Waals surface area contributed by atoms with Gasteiger partial charge in [0.05, 0.1) is 7.11 Å². The zero-order valence-corrected chi connectivity index (χ0v) is 10.5. The van der Waals surface area contributed by atoms with Crippen molar-refractivity contribution in [2.45, 2.75) is 0 Å². The zero-order valence-electron chi connectivity index (χ0n) is 10.5. The second-order valence-electron chi connectivity index (χ2n) is 3.22. The molecule has 2 rings (SSSR count). The van der Waals surface area contributed by atoms with Gasteiger partial charge in [-0.15, -0.1) is 0 Å². The Morgan fingerprint density at radius 2 is 1.26 bits per heavy atom. The Hall–Kier alpha value is -2.69. The third-order valence-electron chi connectivity index (χ3n) is 1.88. The lowest BCUT2D eigenvalue weighted by Gasteiger charge is -1.97. The smallest absolute Gasteiger partial charge is 0.122 e. The maximum atomic E-state index is 8.86. The van der Waals surface area contributed by atoms with Crippen molar-refractivity contribution in [3.63, 3.8) is 0 Å². The number of carbonyl (C=O) groups is 1. The van der Waals surface area contributed by atoms with E-state index in [0.29, 0.717) is 5.75 Å². The maximum absolute atomic E-state index is 8.86. The largest absolute Gasteiger partial charge is 0.508 e. The Kier molecular flexibility index (Phi) is 8.03. The second kappa shape index (κ2) is 9.35. The van der Waals surface area contributed by atoms with Gasteiger partial charge in [-0.1, -0.05) is 12.1 Å². The maximum Gasteiger partial charge on any atom is 0.122 e. The van der Waals surface area contributed by atoms with Crippen molar-refractivity contribution in [1.82, 2.24) is 0 Å². The SMILES string of the molecule is C=O.COc1cccc(O)c1.Oc1cccc(O)c1. The predicted molar refractivity (Wildman–Crippen MR) is 71.6 cm³/mol. The summed E-state index contributed by atoms with van der Waals surface area (Å²) in [6.07, 6.45) is 0. The quantitative estimate of drug-likeness (QED) is 0.735. The van der Waals surface area contributed by atoms with Crippen LogP contribution in [0.25, 0.3) is 0 Å². The number of ether oxygens (including phenoxy) is 1. The number of aromatic hydroxyl groups is 3. The van der Waals surface area contributed by atoms with E-state index in [4.69, 9.17) is 24.9 Å². The van der Waals surface area contributed by atoms with Crippen LogP contribution in [0.2, 0.25) is 0 Å². The molecule has 0 unspecified atom stereocenters. The van der Waals surface area contributed by atoms with E-state index < -0.39 is 0 Å². The number of rotatable bonds is 1. The Bertz CT molecular complexity index is 468. The van der Waals surface area contributed by atoms with E-state index in [2.05, 4.69) is 0 Å². The van der Waals surface area contributed by atoms with E-state index in [0.717, 1.165) is 0 Å². The summed E-state index contributed by atoms with van der Waals surface area (Å²) in [7, 11) is 1.56. The Morgan fingerprint density at radius 1 is 0.842 bits per heavy atom. The first kappa shape index (κ1) is 16.3. The number of methoxy groups -OCH3 is 1. The molecule has 0 heterocycles. The fourth-order valence-electron chi connectivity index (χ4n) is 1.10. The van der Waals surface area contributed by atoms with Gasteiger partial charge < -0.3 is 24.9 Å². The zero-order chi connectivity index (χ0) is 14.7. The highest BCUT2D eigenvalue weighted by Gasteiger charge is 1.89. The normalized spacial score (nSPS) is 8.26. The highest BCUT2D eigenvalue weighted by atomic mass is 16.5. The number of benzene rings is 2. The molecule has 0 atom stereocenters. The van der Waals surface area contributed by atoms with Crippen molar-refractivity contribution in [2.75, 3.05) is 7.11 Å².